The Morgan fingerprint density at radius 1 is 0.921 bits per heavy atom. The van der Waals surface area contributed by atoms with E-state index in [0.29, 0.717) is 63.2 Å². The second-order valence-corrected chi connectivity index (χ2v) is 10.5. The fourth-order valence-corrected chi connectivity index (χ4v) is 5.43. The number of aliphatic hydroxyl groups is 1. The Labute approximate surface area is 232 Å². The van der Waals surface area contributed by atoms with Crippen LogP contribution in [-0.4, -0.2) is 51.4 Å². The predicted molar refractivity (Wildman–Crippen MR) is 148 cm³/mol. The number of carboxylic acid groups (broad SMARTS) is 1. The molecule has 1 fully saturated rings. The predicted octanol–water partition coefficient (Wildman–Crippen LogP) is 7.10. The van der Waals surface area contributed by atoms with E-state index in [1.54, 1.807) is 53.4 Å². The SMILES string of the molecule is O=C(O)Oc1cc(-c2nc(-c3ccc(Cl)c(Cl)c3)cs2)ccc1-c1ccc(C(=O)N2CCC(O)CC2)cc1. The Bertz CT molecular complexity index is 1500. The number of thiazole rings is 1. The maximum absolute atomic E-state index is 12.8. The molecule has 10 heteroatoms. The Balaban J connectivity index is 1.41. The number of likely N-dealkylation sites (tertiary alicyclic amines) is 1. The summed E-state index contributed by atoms with van der Waals surface area (Å²) in [6, 6.07) is 17.5. The quantitative estimate of drug-likeness (QED) is 0.196. The van der Waals surface area contributed by atoms with Crippen molar-refractivity contribution in [2.75, 3.05) is 13.1 Å². The number of benzene rings is 3. The maximum Gasteiger partial charge on any atom is 0.511 e. The highest BCUT2D eigenvalue weighted by atomic mass is 35.5. The molecule has 0 radical (unpaired) electrons. The van der Waals surface area contributed by atoms with Crippen molar-refractivity contribution in [2.45, 2.75) is 18.9 Å². The van der Waals surface area contributed by atoms with E-state index in [-0.39, 0.29) is 17.8 Å². The van der Waals surface area contributed by atoms with E-state index in [4.69, 9.17) is 27.9 Å². The van der Waals surface area contributed by atoms with Gasteiger partial charge in [0.05, 0.1) is 21.8 Å². The smallest absolute Gasteiger partial charge is 0.449 e. The third-order valence-electron chi connectivity index (χ3n) is 6.34. The van der Waals surface area contributed by atoms with Crippen molar-refractivity contribution in [1.29, 1.82) is 0 Å². The van der Waals surface area contributed by atoms with Crippen LogP contribution in [0.25, 0.3) is 33.0 Å². The van der Waals surface area contributed by atoms with E-state index in [1.807, 2.05) is 17.5 Å². The summed E-state index contributed by atoms with van der Waals surface area (Å²) in [4.78, 5) is 30.7. The van der Waals surface area contributed by atoms with Crippen LogP contribution in [0.3, 0.4) is 0 Å². The molecule has 1 saturated heterocycles. The van der Waals surface area contributed by atoms with Crippen LogP contribution in [-0.2, 0) is 0 Å². The summed E-state index contributed by atoms with van der Waals surface area (Å²) in [5, 5.41) is 22.5. The molecule has 1 aliphatic heterocycles. The van der Waals surface area contributed by atoms with E-state index < -0.39 is 6.16 Å². The zero-order valence-corrected chi connectivity index (χ0v) is 22.3. The molecule has 1 aliphatic rings. The molecule has 1 aromatic heterocycles. The van der Waals surface area contributed by atoms with Gasteiger partial charge in [-0.25, -0.2) is 9.78 Å². The summed E-state index contributed by atoms with van der Waals surface area (Å²) in [6.45, 7) is 1.03. The standard InChI is InChI=1S/C28H22Cl2N2O5S/c29-22-8-6-18(13-23(22)30)24-15-38-26(31-24)19-5-7-21(25(14-19)37-28(35)36)16-1-3-17(4-2-16)27(34)32-11-9-20(33)10-12-32/h1-8,13-15,20,33H,9-12H2,(H,35,36). The Morgan fingerprint density at radius 3 is 2.29 bits per heavy atom. The van der Waals surface area contributed by atoms with Crippen LogP contribution in [0.2, 0.25) is 10.0 Å². The first-order valence-electron chi connectivity index (χ1n) is 11.8. The van der Waals surface area contributed by atoms with Crippen molar-refractivity contribution < 1.29 is 24.5 Å². The third-order valence-corrected chi connectivity index (χ3v) is 7.97. The highest BCUT2D eigenvalue weighted by Crippen LogP contribution is 2.37. The molecule has 1 amide bonds. The van der Waals surface area contributed by atoms with Crippen LogP contribution in [0.15, 0.2) is 66.0 Å². The molecule has 0 atom stereocenters. The number of carbonyl (C=O) groups excluding carboxylic acids is 1. The topological polar surface area (TPSA) is 100.0 Å². The van der Waals surface area contributed by atoms with Crippen LogP contribution in [0.4, 0.5) is 4.79 Å². The first-order valence-corrected chi connectivity index (χ1v) is 13.5. The second-order valence-electron chi connectivity index (χ2n) is 8.85. The summed E-state index contributed by atoms with van der Waals surface area (Å²) >= 11 is 13.6. The number of nitrogens with zero attached hydrogens (tertiary/aromatic N) is 2. The first kappa shape index (κ1) is 26.2. The van der Waals surface area contributed by atoms with Crippen molar-refractivity contribution in [3.63, 3.8) is 0 Å². The summed E-state index contributed by atoms with van der Waals surface area (Å²) in [5.74, 6) is 0.0627. The van der Waals surface area contributed by atoms with Crippen molar-refractivity contribution in [3.8, 4) is 38.7 Å². The molecule has 2 N–H and O–H groups in total. The molecule has 194 valence electrons. The van der Waals surface area contributed by atoms with Gasteiger partial charge in [0.15, 0.2) is 0 Å². The second kappa shape index (κ2) is 11.1. The lowest BCUT2D eigenvalue weighted by Crippen LogP contribution is -2.40. The number of rotatable bonds is 5. The molecule has 7 nitrogen and oxygen atoms in total. The molecule has 0 bridgehead atoms. The van der Waals surface area contributed by atoms with Gasteiger partial charge >= 0.3 is 6.16 Å². The molecule has 0 aliphatic carbocycles. The van der Waals surface area contributed by atoms with Gasteiger partial charge in [0.2, 0.25) is 0 Å². The molecule has 0 saturated carbocycles. The number of carbonyl (C=O) groups is 2. The molecule has 4 aromatic rings. The van der Waals surface area contributed by atoms with E-state index in [1.165, 1.54) is 11.3 Å². The van der Waals surface area contributed by atoms with Gasteiger partial charge in [0.25, 0.3) is 5.91 Å². The highest BCUT2D eigenvalue weighted by molar-refractivity contribution is 7.13. The fourth-order valence-electron chi connectivity index (χ4n) is 4.31. The molecular formula is C28H22Cl2N2O5S. The summed E-state index contributed by atoms with van der Waals surface area (Å²) in [7, 11) is 0. The van der Waals surface area contributed by atoms with Gasteiger partial charge in [-0.2, -0.15) is 0 Å². The van der Waals surface area contributed by atoms with Crippen molar-refractivity contribution in [2.24, 2.45) is 0 Å². The zero-order chi connectivity index (χ0) is 26.8. The lowest BCUT2D eigenvalue weighted by Gasteiger charge is -2.29. The van der Waals surface area contributed by atoms with Gasteiger partial charge in [-0.15, -0.1) is 11.3 Å². The van der Waals surface area contributed by atoms with Crippen molar-refractivity contribution >= 4 is 46.6 Å². The lowest BCUT2D eigenvalue weighted by molar-refractivity contribution is 0.0546. The molecule has 5 rings (SSSR count). The van der Waals surface area contributed by atoms with Gasteiger partial charge in [-0.05, 0) is 54.8 Å². The number of piperidine rings is 1. The van der Waals surface area contributed by atoms with E-state index in [2.05, 4.69) is 4.98 Å². The molecule has 0 spiro atoms. The largest absolute Gasteiger partial charge is 0.511 e. The highest BCUT2D eigenvalue weighted by Gasteiger charge is 2.22. The van der Waals surface area contributed by atoms with Crippen LogP contribution in [0.1, 0.15) is 23.2 Å². The number of halogens is 2. The van der Waals surface area contributed by atoms with E-state index in [9.17, 15) is 19.8 Å². The minimum Gasteiger partial charge on any atom is -0.449 e. The van der Waals surface area contributed by atoms with Gasteiger partial charge < -0.3 is 19.8 Å². The minimum absolute atomic E-state index is 0.0950. The number of aromatic nitrogens is 1. The average molecular weight is 569 g/mol. The van der Waals surface area contributed by atoms with E-state index >= 15 is 0 Å². The lowest BCUT2D eigenvalue weighted by atomic mass is 10.0. The Hall–Kier alpha value is -3.43. The number of amides is 1. The molecule has 0 unspecified atom stereocenters. The number of ether oxygens (including phenoxy) is 1. The Kier molecular flexibility index (Phi) is 7.67. The third kappa shape index (κ3) is 5.68. The van der Waals surface area contributed by atoms with Crippen molar-refractivity contribution in [1.82, 2.24) is 9.88 Å². The minimum atomic E-state index is -1.43. The van der Waals surface area contributed by atoms with Crippen LogP contribution < -0.4 is 4.74 Å². The molecular weight excluding hydrogens is 547 g/mol. The van der Waals surface area contributed by atoms with Crippen molar-refractivity contribution in [3.05, 3.63) is 81.7 Å². The van der Waals surface area contributed by atoms with Gasteiger partial charge in [0, 0.05) is 40.7 Å². The van der Waals surface area contributed by atoms with E-state index in [0.717, 1.165) is 11.3 Å². The van der Waals surface area contributed by atoms with Crippen LogP contribution in [0, 0.1) is 0 Å². The summed E-state index contributed by atoms with van der Waals surface area (Å²) < 4.78 is 5.13. The zero-order valence-electron chi connectivity index (χ0n) is 19.9. The number of hydrogen-bond acceptors (Lipinski definition) is 6. The van der Waals surface area contributed by atoms with Gasteiger partial charge in [0.1, 0.15) is 10.8 Å². The van der Waals surface area contributed by atoms with Crippen LogP contribution in [0.5, 0.6) is 5.75 Å². The monoisotopic (exact) mass is 568 g/mol. The average Bonchev–Trinajstić information content (AvgIpc) is 3.41. The molecule has 3 aromatic carbocycles. The number of aliphatic hydroxyl groups excluding tert-OH is 1. The first-order chi connectivity index (χ1) is 18.3. The maximum atomic E-state index is 12.8. The number of hydrogen-bond donors (Lipinski definition) is 2. The normalized spacial score (nSPS) is 13.9. The summed E-state index contributed by atoms with van der Waals surface area (Å²) in [6.07, 6.45) is -0.651. The Morgan fingerprint density at radius 2 is 1.61 bits per heavy atom. The fraction of sp³-hybridized carbons (Fsp3) is 0.179. The van der Waals surface area contributed by atoms with Gasteiger partial charge in [-0.3, -0.25) is 4.79 Å². The molecule has 2 heterocycles. The molecule has 38 heavy (non-hydrogen) atoms. The van der Waals surface area contributed by atoms with Crippen LogP contribution >= 0.6 is 34.5 Å². The van der Waals surface area contributed by atoms with Gasteiger partial charge in [-0.1, -0.05) is 47.5 Å². The summed E-state index contributed by atoms with van der Waals surface area (Å²) in [5.41, 5.74) is 4.03.